The van der Waals surface area contributed by atoms with Crippen LogP contribution in [0.25, 0.3) is 11.4 Å². The molecule has 0 aliphatic heterocycles. The van der Waals surface area contributed by atoms with E-state index in [2.05, 4.69) is 15.0 Å². The summed E-state index contributed by atoms with van der Waals surface area (Å²) in [7, 11) is 1.88. The third kappa shape index (κ3) is 1.40. The molecule has 0 amide bonds. The minimum atomic E-state index is 0.395. The van der Waals surface area contributed by atoms with Gasteiger partial charge in [0, 0.05) is 19.4 Å². The van der Waals surface area contributed by atoms with Crippen molar-refractivity contribution in [1.82, 2.24) is 19.5 Å². The summed E-state index contributed by atoms with van der Waals surface area (Å²) >= 11 is 5.87. The van der Waals surface area contributed by atoms with E-state index in [4.69, 9.17) is 11.6 Å². The first kappa shape index (κ1) is 8.19. The monoisotopic (exact) mass is 194 g/mol. The first-order chi connectivity index (χ1) is 6.29. The SMILES string of the molecule is Cn1cncc1-c1nccnc1Cl. The van der Waals surface area contributed by atoms with Crippen molar-refractivity contribution in [2.45, 2.75) is 0 Å². The highest BCUT2D eigenvalue weighted by Crippen LogP contribution is 2.21. The van der Waals surface area contributed by atoms with Gasteiger partial charge in [0.15, 0.2) is 5.15 Å². The van der Waals surface area contributed by atoms with Crippen LogP contribution in [-0.4, -0.2) is 19.5 Å². The maximum Gasteiger partial charge on any atom is 0.156 e. The first-order valence-electron chi connectivity index (χ1n) is 3.72. The normalized spacial score (nSPS) is 10.3. The van der Waals surface area contributed by atoms with Gasteiger partial charge in [-0.3, -0.25) is 0 Å². The smallest absolute Gasteiger partial charge is 0.156 e. The predicted molar refractivity (Wildman–Crippen MR) is 49.2 cm³/mol. The highest BCUT2D eigenvalue weighted by atomic mass is 35.5. The predicted octanol–water partition coefficient (Wildman–Crippen LogP) is 1.53. The minimum absolute atomic E-state index is 0.395. The molecule has 0 atom stereocenters. The molecule has 2 aromatic heterocycles. The van der Waals surface area contributed by atoms with Crippen molar-refractivity contribution >= 4 is 11.6 Å². The Balaban J connectivity index is 2.59. The standard InChI is InChI=1S/C8H7ClN4/c1-13-5-10-4-6(13)7-8(9)12-3-2-11-7/h2-5H,1H3. The Hall–Kier alpha value is -1.42. The fourth-order valence-electron chi connectivity index (χ4n) is 1.08. The van der Waals surface area contributed by atoms with Gasteiger partial charge in [0.1, 0.15) is 5.69 Å². The zero-order valence-electron chi connectivity index (χ0n) is 6.98. The summed E-state index contributed by atoms with van der Waals surface area (Å²) < 4.78 is 1.84. The van der Waals surface area contributed by atoms with Gasteiger partial charge in [-0.15, -0.1) is 0 Å². The summed E-state index contributed by atoms with van der Waals surface area (Å²) in [6.07, 6.45) is 6.56. The molecular formula is C8H7ClN4. The minimum Gasteiger partial charge on any atom is -0.332 e. The molecule has 2 rings (SSSR count). The number of halogens is 1. The van der Waals surface area contributed by atoms with Crippen molar-refractivity contribution in [3.63, 3.8) is 0 Å². The number of aryl methyl sites for hydroxylation is 1. The first-order valence-corrected chi connectivity index (χ1v) is 4.10. The van der Waals surface area contributed by atoms with Crippen LogP contribution in [0.5, 0.6) is 0 Å². The Morgan fingerprint density at radius 2 is 2.08 bits per heavy atom. The topological polar surface area (TPSA) is 43.6 Å². The molecule has 0 spiro atoms. The summed E-state index contributed by atoms with van der Waals surface area (Å²) in [5.41, 5.74) is 1.52. The van der Waals surface area contributed by atoms with Crippen LogP contribution in [0.2, 0.25) is 5.15 Å². The largest absolute Gasteiger partial charge is 0.332 e. The summed E-state index contributed by atoms with van der Waals surface area (Å²) in [5, 5.41) is 0.395. The van der Waals surface area contributed by atoms with Gasteiger partial charge >= 0.3 is 0 Å². The third-order valence-electron chi connectivity index (χ3n) is 1.71. The molecule has 5 heteroatoms. The maximum atomic E-state index is 5.87. The van der Waals surface area contributed by atoms with Crippen LogP contribution >= 0.6 is 11.6 Å². The van der Waals surface area contributed by atoms with Crippen LogP contribution in [0.1, 0.15) is 0 Å². The Labute approximate surface area is 80.2 Å². The molecule has 66 valence electrons. The lowest BCUT2D eigenvalue weighted by Crippen LogP contribution is -1.93. The van der Waals surface area contributed by atoms with E-state index in [-0.39, 0.29) is 0 Å². The Kier molecular flexibility index (Phi) is 1.98. The van der Waals surface area contributed by atoms with Crippen LogP contribution < -0.4 is 0 Å². The average Bonchev–Trinajstić information content (AvgIpc) is 2.52. The highest BCUT2D eigenvalue weighted by Gasteiger charge is 2.08. The van der Waals surface area contributed by atoms with Gasteiger partial charge in [0.2, 0.25) is 0 Å². The quantitative estimate of drug-likeness (QED) is 0.692. The summed E-state index contributed by atoms with van der Waals surface area (Å²) in [5.74, 6) is 0. The molecule has 0 saturated carbocycles. The van der Waals surface area contributed by atoms with Gasteiger partial charge in [-0.25, -0.2) is 15.0 Å². The van der Waals surface area contributed by atoms with Crippen molar-refractivity contribution in [3.05, 3.63) is 30.1 Å². The van der Waals surface area contributed by atoms with Crippen molar-refractivity contribution < 1.29 is 0 Å². The van der Waals surface area contributed by atoms with Crippen LogP contribution in [0.3, 0.4) is 0 Å². The molecule has 0 bridgehead atoms. The zero-order valence-corrected chi connectivity index (χ0v) is 7.73. The van der Waals surface area contributed by atoms with E-state index in [0.717, 1.165) is 5.69 Å². The van der Waals surface area contributed by atoms with Crippen LogP contribution in [0.15, 0.2) is 24.9 Å². The van der Waals surface area contributed by atoms with Crippen LogP contribution in [-0.2, 0) is 7.05 Å². The number of aromatic nitrogens is 4. The molecule has 4 nitrogen and oxygen atoms in total. The summed E-state index contributed by atoms with van der Waals surface area (Å²) in [4.78, 5) is 12.0. The lowest BCUT2D eigenvalue weighted by Gasteiger charge is -2.01. The molecule has 0 N–H and O–H groups in total. The van der Waals surface area contributed by atoms with E-state index in [0.29, 0.717) is 10.8 Å². The molecule has 0 aliphatic rings. The van der Waals surface area contributed by atoms with E-state index < -0.39 is 0 Å². The van der Waals surface area contributed by atoms with Crippen molar-refractivity contribution in [3.8, 4) is 11.4 Å². The molecule has 0 saturated heterocycles. The number of hydrogen-bond acceptors (Lipinski definition) is 3. The second kappa shape index (κ2) is 3.14. The van der Waals surface area contributed by atoms with Crippen molar-refractivity contribution in [2.24, 2.45) is 7.05 Å². The molecule has 0 radical (unpaired) electrons. The van der Waals surface area contributed by atoms with Gasteiger partial charge in [0.25, 0.3) is 0 Å². The second-order valence-electron chi connectivity index (χ2n) is 2.59. The third-order valence-corrected chi connectivity index (χ3v) is 1.99. The Bertz CT molecular complexity index is 424. The molecule has 2 aromatic rings. The van der Waals surface area contributed by atoms with Crippen LogP contribution in [0, 0.1) is 0 Å². The summed E-state index contributed by atoms with van der Waals surface area (Å²) in [6.45, 7) is 0. The van der Waals surface area contributed by atoms with Gasteiger partial charge in [-0.1, -0.05) is 11.6 Å². The van der Waals surface area contributed by atoms with Crippen molar-refractivity contribution in [1.29, 1.82) is 0 Å². The van der Waals surface area contributed by atoms with E-state index >= 15 is 0 Å². The number of imidazole rings is 1. The highest BCUT2D eigenvalue weighted by molar-refractivity contribution is 6.31. The van der Waals surface area contributed by atoms with E-state index in [1.807, 2.05) is 11.6 Å². The fourth-order valence-corrected chi connectivity index (χ4v) is 1.28. The van der Waals surface area contributed by atoms with E-state index in [1.165, 1.54) is 0 Å². The van der Waals surface area contributed by atoms with Gasteiger partial charge in [-0.05, 0) is 0 Å². The fraction of sp³-hybridized carbons (Fsp3) is 0.125. The molecule has 0 fully saturated rings. The molecule has 2 heterocycles. The maximum absolute atomic E-state index is 5.87. The number of hydrogen-bond donors (Lipinski definition) is 0. The lowest BCUT2D eigenvalue weighted by molar-refractivity contribution is 0.914. The van der Waals surface area contributed by atoms with Crippen LogP contribution in [0.4, 0.5) is 0 Å². The van der Waals surface area contributed by atoms with Gasteiger partial charge in [-0.2, -0.15) is 0 Å². The van der Waals surface area contributed by atoms with E-state index in [9.17, 15) is 0 Å². The lowest BCUT2D eigenvalue weighted by atomic mass is 10.3. The van der Waals surface area contributed by atoms with Gasteiger partial charge in [0.05, 0.1) is 18.2 Å². The molecular weight excluding hydrogens is 188 g/mol. The second-order valence-corrected chi connectivity index (χ2v) is 2.94. The molecule has 13 heavy (non-hydrogen) atoms. The molecule has 0 unspecified atom stereocenters. The number of nitrogens with zero attached hydrogens (tertiary/aromatic N) is 4. The van der Waals surface area contributed by atoms with Crippen molar-refractivity contribution in [2.75, 3.05) is 0 Å². The average molecular weight is 195 g/mol. The van der Waals surface area contributed by atoms with E-state index in [1.54, 1.807) is 24.9 Å². The molecule has 0 aliphatic carbocycles. The Morgan fingerprint density at radius 3 is 2.69 bits per heavy atom. The zero-order chi connectivity index (χ0) is 9.26. The van der Waals surface area contributed by atoms with Gasteiger partial charge < -0.3 is 4.57 Å². The molecule has 0 aromatic carbocycles. The number of rotatable bonds is 1. The Morgan fingerprint density at radius 1 is 1.31 bits per heavy atom. The summed E-state index contributed by atoms with van der Waals surface area (Å²) in [6, 6.07) is 0.